The number of sulfonamides is 1. The summed E-state index contributed by atoms with van der Waals surface area (Å²) < 4.78 is 34.5. The summed E-state index contributed by atoms with van der Waals surface area (Å²) in [7, 11) is -1.72. The Morgan fingerprint density at radius 1 is 1.14 bits per heavy atom. The van der Waals surface area contributed by atoms with E-state index in [-0.39, 0.29) is 0 Å². The van der Waals surface area contributed by atoms with Gasteiger partial charge in [-0.15, -0.1) is 0 Å². The Labute approximate surface area is 172 Å². The minimum absolute atomic E-state index is 0.496. The predicted octanol–water partition coefficient (Wildman–Crippen LogP) is 4.85. The lowest BCUT2D eigenvalue weighted by molar-refractivity contribution is 0.415. The summed E-state index contributed by atoms with van der Waals surface area (Å²) in [5.74, 6) is 0.790. The van der Waals surface area contributed by atoms with E-state index in [1.807, 2.05) is 30.3 Å². The summed E-state index contributed by atoms with van der Waals surface area (Å²) in [6, 6.07) is 13.3. The van der Waals surface area contributed by atoms with Crippen LogP contribution in [0.2, 0.25) is 0 Å². The zero-order valence-corrected chi connectivity index (χ0v) is 18.2. The highest BCUT2D eigenvalue weighted by Gasteiger charge is 2.18. The van der Waals surface area contributed by atoms with Crippen molar-refractivity contribution in [2.75, 3.05) is 17.6 Å². The summed E-state index contributed by atoms with van der Waals surface area (Å²) in [5.41, 5.74) is 10.7. The van der Waals surface area contributed by atoms with Gasteiger partial charge < -0.3 is 15.0 Å². The second-order valence-corrected chi connectivity index (χ2v) is 9.66. The number of methoxy groups -OCH3 is 1. The first-order valence-corrected chi connectivity index (χ1v) is 11.4. The van der Waals surface area contributed by atoms with Crippen LogP contribution < -0.4 is 15.2 Å². The molecule has 0 unspecified atom stereocenters. The molecule has 2 aromatic carbocycles. The highest BCUT2D eigenvalue weighted by Crippen LogP contribution is 2.38. The Bertz CT molecular complexity index is 1100. The number of aromatic nitrogens is 1. The number of nitrogens with two attached hydrogens (primary N) is 1. The number of benzene rings is 2. The largest absolute Gasteiger partial charge is 0.497 e. The van der Waals surface area contributed by atoms with E-state index in [2.05, 4.69) is 16.2 Å². The van der Waals surface area contributed by atoms with Crippen LogP contribution in [0.4, 0.5) is 11.4 Å². The maximum atomic E-state index is 12.1. The van der Waals surface area contributed by atoms with Gasteiger partial charge in [-0.1, -0.05) is 25.5 Å². The Morgan fingerprint density at radius 3 is 2.41 bits per heavy atom. The summed E-state index contributed by atoms with van der Waals surface area (Å²) in [4.78, 5) is 0. The molecule has 0 aliphatic rings. The molecule has 6 nitrogen and oxygen atoms in total. The molecule has 0 fully saturated rings. The maximum Gasteiger partial charge on any atom is 0.235 e. The fourth-order valence-corrected chi connectivity index (χ4v) is 4.02. The van der Waals surface area contributed by atoms with Crippen molar-refractivity contribution in [2.45, 2.75) is 45.4 Å². The number of nitrogens with zero attached hydrogens (tertiary/aromatic N) is 1. The molecule has 0 saturated heterocycles. The molecular formula is C22H29N3O3S. The number of aryl methyl sites for hydroxylation is 1. The number of nitrogen functional groups attached to an aromatic ring is 1. The zero-order chi connectivity index (χ0) is 21.2. The topological polar surface area (TPSA) is 86.4 Å². The molecule has 0 aliphatic heterocycles. The number of unbranched alkanes of at least 4 members (excludes halogenated alkanes) is 1. The highest BCUT2D eigenvalue weighted by atomic mass is 32.2. The van der Waals surface area contributed by atoms with Crippen molar-refractivity contribution in [1.29, 1.82) is 0 Å². The molecule has 0 atom stereocenters. The predicted molar refractivity (Wildman–Crippen MR) is 121 cm³/mol. The van der Waals surface area contributed by atoms with Crippen LogP contribution in [-0.4, -0.2) is 25.3 Å². The SMILES string of the molecule is CCCCn1c(-c2ccc(NS(=O)(=O)C(C)C)cc2)c(N)c2ccc(OC)cc21. The van der Waals surface area contributed by atoms with Gasteiger partial charge in [-0.2, -0.15) is 0 Å². The average molecular weight is 416 g/mol. The number of nitrogens with one attached hydrogen (secondary N) is 1. The van der Waals surface area contributed by atoms with E-state index in [9.17, 15) is 8.42 Å². The third kappa shape index (κ3) is 4.19. The van der Waals surface area contributed by atoms with Crippen LogP contribution in [-0.2, 0) is 16.6 Å². The van der Waals surface area contributed by atoms with Crippen molar-refractivity contribution in [3.8, 4) is 17.0 Å². The molecule has 156 valence electrons. The monoisotopic (exact) mass is 415 g/mol. The Kier molecular flexibility index (Phi) is 6.07. The van der Waals surface area contributed by atoms with E-state index in [1.54, 1.807) is 33.1 Å². The minimum Gasteiger partial charge on any atom is -0.497 e. The van der Waals surface area contributed by atoms with E-state index in [0.717, 1.165) is 47.3 Å². The molecule has 1 heterocycles. The van der Waals surface area contributed by atoms with E-state index in [0.29, 0.717) is 11.4 Å². The molecule has 0 spiro atoms. The molecule has 7 heteroatoms. The number of ether oxygens (including phenoxy) is 1. The van der Waals surface area contributed by atoms with Crippen molar-refractivity contribution in [1.82, 2.24) is 4.57 Å². The first-order valence-electron chi connectivity index (χ1n) is 9.86. The molecule has 3 rings (SSSR count). The lowest BCUT2D eigenvalue weighted by Gasteiger charge is -2.13. The first kappa shape index (κ1) is 21.0. The quantitative estimate of drug-likeness (QED) is 0.551. The van der Waals surface area contributed by atoms with Gasteiger partial charge in [0.15, 0.2) is 0 Å². The second kappa shape index (κ2) is 8.37. The van der Waals surface area contributed by atoms with E-state index in [1.165, 1.54) is 0 Å². The molecule has 0 bridgehead atoms. The summed E-state index contributed by atoms with van der Waals surface area (Å²) in [6.45, 7) is 6.30. The van der Waals surface area contributed by atoms with Gasteiger partial charge in [0, 0.05) is 29.2 Å². The van der Waals surface area contributed by atoms with Gasteiger partial charge in [-0.3, -0.25) is 4.72 Å². The molecule has 3 N–H and O–H groups in total. The normalized spacial score (nSPS) is 11.9. The molecule has 29 heavy (non-hydrogen) atoms. The van der Waals surface area contributed by atoms with Crippen LogP contribution in [0.1, 0.15) is 33.6 Å². The standard InChI is InChI=1S/C22H29N3O3S/c1-5-6-13-25-20-14-18(28-4)11-12-19(20)21(23)22(25)16-7-9-17(10-8-16)24-29(26,27)15(2)3/h7-12,14-15,24H,5-6,13,23H2,1-4H3. The number of rotatable bonds is 8. The lowest BCUT2D eigenvalue weighted by atomic mass is 10.1. The van der Waals surface area contributed by atoms with Crippen LogP contribution in [0.25, 0.3) is 22.2 Å². The van der Waals surface area contributed by atoms with Gasteiger partial charge in [0.25, 0.3) is 0 Å². The second-order valence-electron chi connectivity index (χ2n) is 7.42. The van der Waals surface area contributed by atoms with Crippen molar-refractivity contribution in [3.05, 3.63) is 42.5 Å². The number of hydrogen-bond donors (Lipinski definition) is 2. The number of fused-ring (bicyclic) bond motifs is 1. The third-order valence-electron chi connectivity index (χ3n) is 5.09. The third-order valence-corrected chi connectivity index (χ3v) is 6.85. The van der Waals surface area contributed by atoms with Crippen LogP contribution in [0.15, 0.2) is 42.5 Å². The maximum absolute atomic E-state index is 12.1. The zero-order valence-electron chi connectivity index (χ0n) is 17.4. The van der Waals surface area contributed by atoms with Crippen molar-refractivity contribution in [3.63, 3.8) is 0 Å². The summed E-state index contributed by atoms with van der Waals surface area (Å²) in [5, 5.41) is 0.492. The number of hydrogen-bond acceptors (Lipinski definition) is 4. The molecule has 3 aromatic rings. The van der Waals surface area contributed by atoms with Gasteiger partial charge in [0.05, 0.1) is 29.3 Å². The minimum atomic E-state index is -3.38. The molecule has 1 aromatic heterocycles. The number of anilines is 2. The van der Waals surface area contributed by atoms with Crippen LogP contribution in [0.5, 0.6) is 5.75 Å². The van der Waals surface area contributed by atoms with Crippen LogP contribution >= 0.6 is 0 Å². The van der Waals surface area contributed by atoms with Crippen molar-refractivity contribution in [2.24, 2.45) is 0 Å². The molecule has 0 aliphatic carbocycles. The van der Waals surface area contributed by atoms with Crippen LogP contribution in [0, 0.1) is 0 Å². The lowest BCUT2D eigenvalue weighted by Crippen LogP contribution is -2.22. The van der Waals surface area contributed by atoms with Gasteiger partial charge in [0.2, 0.25) is 10.0 Å². The summed E-state index contributed by atoms with van der Waals surface area (Å²) >= 11 is 0. The van der Waals surface area contributed by atoms with Crippen molar-refractivity contribution >= 4 is 32.3 Å². The van der Waals surface area contributed by atoms with E-state index in [4.69, 9.17) is 10.5 Å². The summed E-state index contributed by atoms with van der Waals surface area (Å²) in [6.07, 6.45) is 2.10. The average Bonchev–Trinajstić information content (AvgIpc) is 2.97. The van der Waals surface area contributed by atoms with Gasteiger partial charge in [-0.05, 0) is 44.5 Å². The molecule has 0 saturated carbocycles. The Morgan fingerprint density at radius 2 is 1.83 bits per heavy atom. The fourth-order valence-electron chi connectivity index (χ4n) is 3.32. The Hall–Kier alpha value is -2.67. The Balaban J connectivity index is 2.07. The molecular weight excluding hydrogens is 386 g/mol. The van der Waals surface area contributed by atoms with Crippen LogP contribution in [0.3, 0.4) is 0 Å². The van der Waals surface area contributed by atoms with Crippen molar-refractivity contribution < 1.29 is 13.2 Å². The van der Waals surface area contributed by atoms with Gasteiger partial charge in [-0.25, -0.2) is 8.42 Å². The highest BCUT2D eigenvalue weighted by molar-refractivity contribution is 7.93. The first-order chi connectivity index (χ1) is 13.8. The molecule has 0 amide bonds. The smallest absolute Gasteiger partial charge is 0.235 e. The van der Waals surface area contributed by atoms with E-state index >= 15 is 0 Å². The van der Waals surface area contributed by atoms with Gasteiger partial charge in [0.1, 0.15) is 5.75 Å². The van der Waals surface area contributed by atoms with Gasteiger partial charge >= 0.3 is 0 Å². The fraction of sp³-hybridized carbons (Fsp3) is 0.364. The van der Waals surface area contributed by atoms with E-state index < -0.39 is 15.3 Å². The molecule has 0 radical (unpaired) electrons.